The van der Waals surface area contributed by atoms with Crippen LogP contribution in [0.1, 0.15) is 24.8 Å². The van der Waals surface area contributed by atoms with Gasteiger partial charge in [-0.3, -0.25) is 9.48 Å². The van der Waals surface area contributed by atoms with Crippen LogP contribution in [0, 0.1) is 12.7 Å². The molecular formula is C23H25FN4O3S. The summed E-state index contributed by atoms with van der Waals surface area (Å²) in [5.74, 6) is -0.656. The predicted octanol–water partition coefficient (Wildman–Crippen LogP) is 3.81. The van der Waals surface area contributed by atoms with Gasteiger partial charge in [-0.25, -0.2) is 12.8 Å². The highest BCUT2D eigenvalue weighted by molar-refractivity contribution is 7.89. The van der Waals surface area contributed by atoms with Crippen molar-refractivity contribution in [2.45, 2.75) is 37.6 Å². The van der Waals surface area contributed by atoms with Crippen LogP contribution >= 0.6 is 0 Å². The van der Waals surface area contributed by atoms with Crippen molar-refractivity contribution in [2.75, 3.05) is 18.4 Å². The standard InChI is InChI=1S/C23H25FN4O3S/c1-17-5-10-20(15-22(17)32(30,31)28-12-3-2-4-13-28)25-23(29)16-27-14-11-21(26-27)18-6-8-19(24)9-7-18/h5-11,14-15H,2-4,12-13,16H2,1H3,(H,25,29). The van der Waals surface area contributed by atoms with Crippen molar-refractivity contribution in [3.05, 3.63) is 66.1 Å². The van der Waals surface area contributed by atoms with Gasteiger partial charge in [-0.15, -0.1) is 0 Å². The number of sulfonamides is 1. The highest BCUT2D eigenvalue weighted by Gasteiger charge is 2.27. The number of carbonyl (C=O) groups is 1. The Hall–Kier alpha value is -3.04. The highest BCUT2D eigenvalue weighted by Crippen LogP contribution is 2.26. The second-order valence-corrected chi connectivity index (χ2v) is 9.81. The molecule has 4 rings (SSSR count). The number of halogens is 1. The summed E-state index contributed by atoms with van der Waals surface area (Å²) >= 11 is 0. The van der Waals surface area contributed by atoms with Crippen LogP contribution < -0.4 is 5.32 Å². The molecule has 1 aliphatic heterocycles. The molecule has 1 aliphatic rings. The van der Waals surface area contributed by atoms with E-state index < -0.39 is 10.0 Å². The summed E-state index contributed by atoms with van der Waals surface area (Å²) in [5.41, 5.74) is 2.44. The molecule has 1 amide bonds. The molecule has 1 fully saturated rings. The number of anilines is 1. The molecule has 0 atom stereocenters. The molecule has 2 aromatic carbocycles. The molecule has 0 radical (unpaired) electrons. The van der Waals surface area contributed by atoms with Crippen molar-refractivity contribution in [3.63, 3.8) is 0 Å². The molecule has 9 heteroatoms. The van der Waals surface area contributed by atoms with E-state index >= 15 is 0 Å². The molecule has 3 aromatic rings. The zero-order chi connectivity index (χ0) is 22.7. The van der Waals surface area contributed by atoms with E-state index in [-0.39, 0.29) is 23.2 Å². The number of hydrogen-bond acceptors (Lipinski definition) is 4. The van der Waals surface area contributed by atoms with Gasteiger partial charge in [-0.1, -0.05) is 12.5 Å². The zero-order valence-corrected chi connectivity index (χ0v) is 18.6. The Kier molecular flexibility index (Phi) is 6.38. The van der Waals surface area contributed by atoms with Gasteiger partial charge in [0.15, 0.2) is 0 Å². The van der Waals surface area contributed by atoms with Crippen LogP contribution in [-0.2, 0) is 21.4 Å². The normalized spacial score (nSPS) is 14.9. The molecule has 7 nitrogen and oxygen atoms in total. The Balaban J connectivity index is 1.46. The van der Waals surface area contributed by atoms with Crippen molar-refractivity contribution in [1.29, 1.82) is 0 Å². The van der Waals surface area contributed by atoms with E-state index in [1.165, 1.54) is 27.2 Å². The lowest BCUT2D eigenvalue weighted by Crippen LogP contribution is -2.36. The maximum Gasteiger partial charge on any atom is 0.246 e. The number of nitrogens with zero attached hydrogens (tertiary/aromatic N) is 3. The van der Waals surface area contributed by atoms with Crippen LogP contribution in [0.4, 0.5) is 10.1 Å². The van der Waals surface area contributed by atoms with Gasteiger partial charge in [-0.2, -0.15) is 9.40 Å². The minimum Gasteiger partial charge on any atom is -0.324 e. The molecule has 0 bridgehead atoms. The topological polar surface area (TPSA) is 84.3 Å². The molecule has 32 heavy (non-hydrogen) atoms. The quantitative estimate of drug-likeness (QED) is 0.611. The van der Waals surface area contributed by atoms with E-state index in [4.69, 9.17) is 0 Å². The van der Waals surface area contributed by atoms with Gasteiger partial charge >= 0.3 is 0 Å². The lowest BCUT2D eigenvalue weighted by atomic mass is 10.1. The first kappa shape index (κ1) is 22.2. The third-order valence-corrected chi connectivity index (χ3v) is 7.53. The van der Waals surface area contributed by atoms with Crippen molar-refractivity contribution in [3.8, 4) is 11.3 Å². The van der Waals surface area contributed by atoms with E-state index in [0.29, 0.717) is 30.0 Å². The van der Waals surface area contributed by atoms with Gasteiger partial charge in [-0.05, 0) is 67.8 Å². The first-order valence-electron chi connectivity index (χ1n) is 10.5. The summed E-state index contributed by atoms with van der Waals surface area (Å²) in [7, 11) is -3.60. The third kappa shape index (κ3) is 4.89. The van der Waals surface area contributed by atoms with E-state index in [9.17, 15) is 17.6 Å². The lowest BCUT2D eigenvalue weighted by molar-refractivity contribution is -0.116. The molecule has 2 heterocycles. The fraction of sp³-hybridized carbons (Fsp3) is 0.304. The van der Waals surface area contributed by atoms with Gasteiger partial charge in [0.25, 0.3) is 0 Å². The number of carbonyl (C=O) groups excluding carboxylic acids is 1. The third-order valence-electron chi connectivity index (χ3n) is 5.49. The first-order chi connectivity index (χ1) is 15.3. The Morgan fingerprint density at radius 1 is 1.06 bits per heavy atom. The number of benzene rings is 2. The molecule has 1 aromatic heterocycles. The van der Waals surface area contributed by atoms with Crippen LogP contribution in [0.5, 0.6) is 0 Å². The van der Waals surface area contributed by atoms with Crippen molar-refractivity contribution >= 4 is 21.6 Å². The number of piperidine rings is 1. The Morgan fingerprint density at radius 2 is 1.78 bits per heavy atom. The number of rotatable bonds is 6. The summed E-state index contributed by atoms with van der Waals surface area (Å²) in [6.07, 6.45) is 4.42. The van der Waals surface area contributed by atoms with Crippen LogP contribution in [-0.4, -0.2) is 41.5 Å². The second-order valence-electron chi connectivity index (χ2n) is 7.90. The molecule has 168 valence electrons. The monoisotopic (exact) mass is 456 g/mol. The van der Waals surface area contributed by atoms with Crippen molar-refractivity contribution < 1.29 is 17.6 Å². The van der Waals surface area contributed by atoms with E-state index in [1.54, 1.807) is 43.5 Å². The molecule has 0 aliphatic carbocycles. The number of aryl methyl sites for hydroxylation is 1. The van der Waals surface area contributed by atoms with Crippen LogP contribution in [0.25, 0.3) is 11.3 Å². The summed E-state index contributed by atoms with van der Waals surface area (Å²) in [6, 6.07) is 12.6. The maximum atomic E-state index is 13.1. The molecule has 0 unspecified atom stereocenters. The van der Waals surface area contributed by atoms with E-state index in [0.717, 1.165) is 24.8 Å². The zero-order valence-electron chi connectivity index (χ0n) is 17.8. The van der Waals surface area contributed by atoms with Gasteiger partial charge < -0.3 is 5.32 Å². The van der Waals surface area contributed by atoms with Crippen molar-refractivity contribution in [2.24, 2.45) is 0 Å². The second kappa shape index (κ2) is 9.22. The average Bonchev–Trinajstić information content (AvgIpc) is 3.24. The molecule has 1 saturated heterocycles. The van der Waals surface area contributed by atoms with Gasteiger partial charge in [0.2, 0.25) is 15.9 Å². The van der Waals surface area contributed by atoms with Crippen LogP contribution in [0.3, 0.4) is 0 Å². The summed E-state index contributed by atoms with van der Waals surface area (Å²) in [5, 5.41) is 7.11. The summed E-state index contributed by atoms with van der Waals surface area (Å²) < 4.78 is 42.2. The number of hydrogen-bond donors (Lipinski definition) is 1. The van der Waals surface area contributed by atoms with Crippen LogP contribution in [0.15, 0.2) is 59.6 Å². The van der Waals surface area contributed by atoms with E-state index in [2.05, 4.69) is 10.4 Å². The number of nitrogens with one attached hydrogen (secondary N) is 1. The van der Waals surface area contributed by atoms with Crippen molar-refractivity contribution in [1.82, 2.24) is 14.1 Å². The summed E-state index contributed by atoms with van der Waals surface area (Å²) in [4.78, 5) is 12.8. The average molecular weight is 457 g/mol. The lowest BCUT2D eigenvalue weighted by Gasteiger charge is -2.26. The first-order valence-corrected chi connectivity index (χ1v) is 12.0. The Labute approximate surface area is 186 Å². The molecule has 0 saturated carbocycles. The Bertz CT molecular complexity index is 1220. The Morgan fingerprint density at radius 3 is 2.50 bits per heavy atom. The number of amides is 1. The summed E-state index contributed by atoms with van der Waals surface area (Å²) in [6.45, 7) is 2.76. The fourth-order valence-corrected chi connectivity index (χ4v) is 5.54. The maximum absolute atomic E-state index is 13.1. The smallest absolute Gasteiger partial charge is 0.246 e. The van der Waals surface area contributed by atoms with Gasteiger partial charge in [0.1, 0.15) is 12.4 Å². The molecule has 0 spiro atoms. The van der Waals surface area contributed by atoms with Gasteiger partial charge in [0, 0.05) is 30.5 Å². The highest BCUT2D eigenvalue weighted by atomic mass is 32.2. The van der Waals surface area contributed by atoms with E-state index in [1.807, 2.05) is 0 Å². The SMILES string of the molecule is Cc1ccc(NC(=O)Cn2ccc(-c3ccc(F)cc3)n2)cc1S(=O)(=O)N1CCCCC1. The van der Waals surface area contributed by atoms with Crippen LogP contribution in [0.2, 0.25) is 0 Å². The number of aromatic nitrogens is 2. The largest absolute Gasteiger partial charge is 0.324 e. The fourth-order valence-electron chi connectivity index (χ4n) is 3.77. The molecular weight excluding hydrogens is 431 g/mol. The minimum absolute atomic E-state index is 0.0384. The van der Waals surface area contributed by atoms with Gasteiger partial charge in [0.05, 0.1) is 10.6 Å². The molecule has 1 N–H and O–H groups in total. The predicted molar refractivity (Wildman–Crippen MR) is 120 cm³/mol. The minimum atomic E-state index is -3.60.